The van der Waals surface area contributed by atoms with Crippen LogP contribution in [0.2, 0.25) is 0 Å². The highest BCUT2D eigenvalue weighted by atomic mass is 16.2. The largest absolute Gasteiger partial charge is 0.339 e. The summed E-state index contributed by atoms with van der Waals surface area (Å²) >= 11 is 0. The third-order valence-corrected chi connectivity index (χ3v) is 4.64. The lowest BCUT2D eigenvalue weighted by Crippen LogP contribution is -2.53. The highest BCUT2D eigenvalue weighted by Crippen LogP contribution is 2.21. The molecule has 2 unspecified atom stereocenters. The van der Waals surface area contributed by atoms with Crippen molar-refractivity contribution in [1.29, 1.82) is 0 Å². The number of hydrogen-bond donors (Lipinski definition) is 1. The maximum atomic E-state index is 12.3. The minimum Gasteiger partial charge on any atom is -0.339 e. The summed E-state index contributed by atoms with van der Waals surface area (Å²) in [5, 5.41) is 0. The van der Waals surface area contributed by atoms with Gasteiger partial charge in [-0.25, -0.2) is 0 Å². The topological polar surface area (TPSA) is 52.8 Å². The van der Waals surface area contributed by atoms with Gasteiger partial charge in [0.05, 0.1) is 6.54 Å². The second kappa shape index (κ2) is 6.68. The number of carbonyl (C=O) groups excluding carboxylic acids is 1. The summed E-state index contributed by atoms with van der Waals surface area (Å²) < 4.78 is 0. The monoisotopic (exact) mass is 268 g/mol. The van der Waals surface area contributed by atoms with Crippen molar-refractivity contribution in [3.8, 4) is 0 Å². The molecule has 19 heavy (non-hydrogen) atoms. The summed E-state index contributed by atoms with van der Waals surface area (Å²) in [6, 6.07) is 0.513. The van der Waals surface area contributed by atoms with Gasteiger partial charge in [-0.15, -0.1) is 0 Å². The van der Waals surface area contributed by atoms with Crippen LogP contribution in [0.15, 0.2) is 0 Å². The van der Waals surface area contributed by atoms with Crippen molar-refractivity contribution in [3.63, 3.8) is 0 Å². The summed E-state index contributed by atoms with van der Waals surface area (Å²) in [7, 11) is 2.11. The SMILES string of the molecule is CC1CCC(CN)CN1CC(=O)N1CCN(C)CC1. The van der Waals surface area contributed by atoms with Crippen molar-refractivity contribution in [2.24, 2.45) is 11.7 Å². The van der Waals surface area contributed by atoms with E-state index >= 15 is 0 Å². The van der Waals surface area contributed by atoms with Crippen LogP contribution in [0, 0.1) is 5.92 Å². The molecule has 0 spiro atoms. The molecule has 5 heteroatoms. The van der Waals surface area contributed by atoms with Crippen LogP contribution in [0.3, 0.4) is 0 Å². The first-order chi connectivity index (χ1) is 9.10. The molecule has 2 atom stereocenters. The van der Waals surface area contributed by atoms with E-state index < -0.39 is 0 Å². The zero-order chi connectivity index (χ0) is 13.8. The molecule has 0 aromatic carbocycles. The van der Waals surface area contributed by atoms with Crippen LogP contribution in [-0.4, -0.2) is 79.5 Å². The molecule has 2 aliphatic heterocycles. The van der Waals surface area contributed by atoms with Gasteiger partial charge in [0.15, 0.2) is 0 Å². The molecular weight excluding hydrogens is 240 g/mol. The zero-order valence-corrected chi connectivity index (χ0v) is 12.3. The molecule has 0 aliphatic carbocycles. The maximum absolute atomic E-state index is 12.3. The molecule has 1 amide bonds. The number of rotatable bonds is 3. The molecular formula is C14H28N4O. The van der Waals surface area contributed by atoms with Crippen molar-refractivity contribution in [3.05, 3.63) is 0 Å². The van der Waals surface area contributed by atoms with Crippen molar-refractivity contribution < 1.29 is 4.79 Å². The van der Waals surface area contributed by atoms with E-state index in [-0.39, 0.29) is 5.91 Å². The van der Waals surface area contributed by atoms with E-state index in [1.807, 2.05) is 4.90 Å². The standard InChI is InChI=1S/C14H28N4O/c1-12-3-4-13(9-15)10-18(12)11-14(19)17-7-5-16(2)6-8-17/h12-13H,3-11,15H2,1-2H3. The molecule has 2 rings (SSSR count). The first-order valence-corrected chi connectivity index (χ1v) is 7.50. The average Bonchev–Trinajstić information content (AvgIpc) is 2.42. The van der Waals surface area contributed by atoms with E-state index in [1.54, 1.807) is 0 Å². The molecule has 2 fully saturated rings. The Balaban J connectivity index is 1.83. The number of nitrogens with zero attached hydrogens (tertiary/aromatic N) is 3. The van der Waals surface area contributed by atoms with Crippen molar-refractivity contribution in [2.45, 2.75) is 25.8 Å². The molecule has 2 N–H and O–H groups in total. The number of hydrogen-bond acceptors (Lipinski definition) is 4. The lowest BCUT2D eigenvalue weighted by Gasteiger charge is -2.39. The van der Waals surface area contributed by atoms with E-state index in [0.29, 0.717) is 18.5 Å². The molecule has 2 heterocycles. The number of piperidine rings is 1. The van der Waals surface area contributed by atoms with Gasteiger partial charge in [0.1, 0.15) is 0 Å². The molecule has 0 radical (unpaired) electrons. The third-order valence-electron chi connectivity index (χ3n) is 4.64. The van der Waals surface area contributed by atoms with Crippen LogP contribution in [0.1, 0.15) is 19.8 Å². The van der Waals surface area contributed by atoms with E-state index in [1.165, 1.54) is 6.42 Å². The summed E-state index contributed by atoms with van der Waals surface area (Å²) in [6.07, 6.45) is 2.37. The van der Waals surface area contributed by atoms with Crippen LogP contribution >= 0.6 is 0 Å². The third kappa shape index (κ3) is 3.91. The Labute approximate surface area is 116 Å². The lowest BCUT2D eigenvalue weighted by molar-refractivity contribution is -0.135. The number of carbonyl (C=O) groups is 1. The van der Waals surface area contributed by atoms with Gasteiger partial charge < -0.3 is 15.5 Å². The van der Waals surface area contributed by atoms with E-state index in [9.17, 15) is 4.79 Å². The second-order valence-corrected chi connectivity index (χ2v) is 6.14. The van der Waals surface area contributed by atoms with Crippen molar-refractivity contribution >= 4 is 5.91 Å². The fraction of sp³-hybridized carbons (Fsp3) is 0.929. The molecule has 0 aromatic heterocycles. The van der Waals surface area contributed by atoms with Crippen LogP contribution < -0.4 is 5.73 Å². The molecule has 0 aromatic rings. The minimum absolute atomic E-state index is 0.289. The van der Waals surface area contributed by atoms with E-state index in [4.69, 9.17) is 5.73 Å². The van der Waals surface area contributed by atoms with E-state index in [2.05, 4.69) is 23.8 Å². The summed E-state index contributed by atoms with van der Waals surface area (Å²) in [5.41, 5.74) is 5.77. The molecule has 0 saturated carbocycles. The first-order valence-electron chi connectivity index (χ1n) is 7.50. The minimum atomic E-state index is 0.289. The summed E-state index contributed by atoms with van der Waals surface area (Å²) in [6.45, 7) is 8.25. The number of likely N-dealkylation sites (N-methyl/N-ethyl adjacent to an activating group) is 1. The molecule has 5 nitrogen and oxygen atoms in total. The Hall–Kier alpha value is -0.650. The Morgan fingerprint density at radius 3 is 2.53 bits per heavy atom. The zero-order valence-electron chi connectivity index (χ0n) is 12.3. The van der Waals surface area contributed by atoms with Gasteiger partial charge in [-0.3, -0.25) is 9.69 Å². The Morgan fingerprint density at radius 1 is 1.21 bits per heavy atom. The second-order valence-electron chi connectivity index (χ2n) is 6.14. The quantitative estimate of drug-likeness (QED) is 0.771. The fourth-order valence-corrected chi connectivity index (χ4v) is 3.00. The normalized spacial score (nSPS) is 30.6. The molecule has 0 bridgehead atoms. The number of likely N-dealkylation sites (tertiary alicyclic amines) is 1. The van der Waals surface area contributed by atoms with Gasteiger partial charge in [0.25, 0.3) is 0 Å². The van der Waals surface area contributed by atoms with E-state index in [0.717, 1.165) is 45.7 Å². The Morgan fingerprint density at radius 2 is 1.89 bits per heavy atom. The highest BCUT2D eigenvalue weighted by molar-refractivity contribution is 5.78. The molecule has 2 saturated heterocycles. The van der Waals surface area contributed by atoms with Gasteiger partial charge in [-0.2, -0.15) is 0 Å². The van der Waals surface area contributed by atoms with Gasteiger partial charge in [0.2, 0.25) is 5.91 Å². The fourth-order valence-electron chi connectivity index (χ4n) is 3.00. The maximum Gasteiger partial charge on any atom is 0.236 e. The predicted octanol–water partition coefficient (Wildman–Crippen LogP) is -0.180. The number of amides is 1. The van der Waals surface area contributed by atoms with Crippen molar-refractivity contribution in [1.82, 2.24) is 14.7 Å². The van der Waals surface area contributed by atoms with Gasteiger partial charge in [0, 0.05) is 38.8 Å². The van der Waals surface area contributed by atoms with Crippen LogP contribution in [0.25, 0.3) is 0 Å². The van der Waals surface area contributed by atoms with Crippen LogP contribution in [-0.2, 0) is 4.79 Å². The van der Waals surface area contributed by atoms with Crippen molar-refractivity contribution in [2.75, 3.05) is 52.9 Å². The summed E-state index contributed by atoms with van der Waals surface area (Å²) in [5.74, 6) is 0.856. The Kier molecular flexibility index (Phi) is 5.19. The van der Waals surface area contributed by atoms with Gasteiger partial charge in [-0.05, 0) is 39.3 Å². The van der Waals surface area contributed by atoms with Crippen LogP contribution in [0.5, 0.6) is 0 Å². The molecule has 110 valence electrons. The first kappa shape index (κ1) is 14.8. The highest BCUT2D eigenvalue weighted by Gasteiger charge is 2.28. The molecule has 2 aliphatic rings. The van der Waals surface area contributed by atoms with Crippen LogP contribution in [0.4, 0.5) is 0 Å². The average molecular weight is 268 g/mol. The van der Waals surface area contributed by atoms with Gasteiger partial charge in [-0.1, -0.05) is 0 Å². The summed E-state index contributed by atoms with van der Waals surface area (Å²) in [4.78, 5) is 19.0. The number of nitrogens with two attached hydrogens (primary N) is 1. The number of piperazine rings is 1. The Bertz CT molecular complexity index is 302. The van der Waals surface area contributed by atoms with Gasteiger partial charge >= 0.3 is 0 Å². The smallest absolute Gasteiger partial charge is 0.236 e. The predicted molar refractivity (Wildman–Crippen MR) is 76.9 cm³/mol. The lowest BCUT2D eigenvalue weighted by atomic mass is 9.93.